The van der Waals surface area contributed by atoms with Crippen LogP contribution in [-0.4, -0.2) is 28.0 Å². The maximum Gasteiger partial charge on any atom is 0.150 e. The van der Waals surface area contributed by atoms with Crippen LogP contribution < -0.4 is 4.90 Å². The summed E-state index contributed by atoms with van der Waals surface area (Å²) in [4.78, 5) is 17.3. The first-order valence-corrected chi connectivity index (χ1v) is 8.32. The Balaban J connectivity index is 1.96. The summed E-state index contributed by atoms with van der Waals surface area (Å²) in [7, 11) is 0. The van der Waals surface area contributed by atoms with Gasteiger partial charge in [-0.05, 0) is 44.7 Å². The molecule has 5 heteroatoms. The Morgan fingerprint density at radius 3 is 2.71 bits per heavy atom. The van der Waals surface area contributed by atoms with Gasteiger partial charge in [0.25, 0.3) is 0 Å². The van der Waals surface area contributed by atoms with Crippen molar-refractivity contribution in [2.24, 2.45) is 0 Å². The molecular formula is C16H18N4S. The molecule has 1 saturated heterocycles. The van der Waals surface area contributed by atoms with Gasteiger partial charge in [-0.3, -0.25) is 0 Å². The van der Waals surface area contributed by atoms with Crippen LogP contribution in [0.2, 0.25) is 0 Å². The Kier molecular flexibility index (Phi) is 3.03. The van der Waals surface area contributed by atoms with Gasteiger partial charge in [0.2, 0.25) is 0 Å². The molecule has 0 aliphatic carbocycles. The van der Waals surface area contributed by atoms with Gasteiger partial charge in [0, 0.05) is 24.2 Å². The van der Waals surface area contributed by atoms with E-state index in [2.05, 4.69) is 34.8 Å². The first-order valence-electron chi connectivity index (χ1n) is 7.50. The molecule has 1 aliphatic heterocycles. The molecule has 0 spiro atoms. The smallest absolute Gasteiger partial charge is 0.150 e. The number of rotatable bonds is 1. The lowest BCUT2D eigenvalue weighted by molar-refractivity contribution is 0.575. The van der Waals surface area contributed by atoms with Crippen LogP contribution in [-0.2, 0) is 0 Å². The monoisotopic (exact) mass is 298 g/mol. The zero-order chi connectivity index (χ0) is 14.4. The molecule has 0 amide bonds. The highest BCUT2D eigenvalue weighted by molar-refractivity contribution is 7.25. The molecule has 3 aromatic rings. The Hall–Kier alpha value is -1.75. The number of hydrogen-bond donors (Lipinski definition) is 0. The molecule has 4 heterocycles. The number of piperidine rings is 1. The predicted octanol–water partition coefficient (Wildman–Crippen LogP) is 3.85. The fourth-order valence-electron chi connectivity index (χ4n) is 3.01. The average Bonchev–Trinajstić information content (AvgIpc) is 2.86. The Morgan fingerprint density at radius 1 is 1.10 bits per heavy atom. The van der Waals surface area contributed by atoms with Gasteiger partial charge < -0.3 is 4.90 Å². The topological polar surface area (TPSA) is 41.9 Å². The Labute approximate surface area is 127 Å². The molecule has 4 rings (SSSR count). The van der Waals surface area contributed by atoms with Crippen molar-refractivity contribution in [3.8, 4) is 0 Å². The number of aryl methyl sites for hydroxylation is 2. The Morgan fingerprint density at radius 2 is 1.90 bits per heavy atom. The van der Waals surface area contributed by atoms with E-state index in [-0.39, 0.29) is 0 Å². The van der Waals surface area contributed by atoms with E-state index in [0.717, 1.165) is 34.9 Å². The second kappa shape index (κ2) is 4.91. The van der Waals surface area contributed by atoms with E-state index in [9.17, 15) is 0 Å². The molecule has 1 fully saturated rings. The van der Waals surface area contributed by atoms with Crippen LogP contribution in [0.1, 0.15) is 30.5 Å². The van der Waals surface area contributed by atoms with Gasteiger partial charge in [0.15, 0.2) is 0 Å². The summed E-state index contributed by atoms with van der Waals surface area (Å²) in [5, 5.41) is 1.17. The molecule has 4 nitrogen and oxygen atoms in total. The molecule has 3 aromatic heterocycles. The Bertz CT molecular complexity index is 818. The molecule has 0 saturated carbocycles. The summed E-state index contributed by atoms with van der Waals surface area (Å²) in [5.41, 5.74) is 3.38. The highest BCUT2D eigenvalue weighted by atomic mass is 32.1. The molecule has 0 bridgehead atoms. The van der Waals surface area contributed by atoms with E-state index in [1.54, 1.807) is 17.7 Å². The molecule has 0 N–H and O–H groups in total. The standard InChI is InChI=1S/C16H18N4S/c1-10-8-12-13-14(21-16(12)19-11(10)2)15(18-9-17-13)20-6-4-3-5-7-20/h8-9H,3-7H2,1-2H3. The van der Waals surface area contributed by atoms with Gasteiger partial charge in [-0.25, -0.2) is 15.0 Å². The minimum absolute atomic E-state index is 1.06. The van der Waals surface area contributed by atoms with Crippen LogP contribution in [0.25, 0.3) is 20.4 Å². The summed E-state index contributed by atoms with van der Waals surface area (Å²) in [5.74, 6) is 1.10. The normalized spacial score (nSPS) is 16.0. The molecule has 21 heavy (non-hydrogen) atoms. The molecule has 0 unspecified atom stereocenters. The molecule has 1 aliphatic rings. The van der Waals surface area contributed by atoms with Crippen molar-refractivity contribution in [1.29, 1.82) is 0 Å². The predicted molar refractivity (Wildman–Crippen MR) is 88.3 cm³/mol. The van der Waals surface area contributed by atoms with Gasteiger partial charge in [0.1, 0.15) is 17.0 Å². The molecular weight excluding hydrogens is 280 g/mol. The van der Waals surface area contributed by atoms with Gasteiger partial charge in [-0.2, -0.15) is 0 Å². The van der Waals surface area contributed by atoms with Crippen LogP contribution in [0, 0.1) is 13.8 Å². The third-order valence-corrected chi connectivity index (χ3v) is 5.41. The lowest BCUT2D eigenvalue weighted by Crippen LogP contribution is -2.30. The van der Waals surface area contributed by atoms with E-state index in [1.165, 1.54) is 34.9 Å². The zero-order valence-corrected chi connectivity index (χ0v) is 13.2. The van der Waals surface area contributed by atoms with E-state index in [1.807, 2.05) is 0 Å². The molecule has 0 radical (unpaired) electrons. The summed E-state index contributed by atoms with van der Waals surface area (Å²) in [6.07, 6.45) is 5.55. The fourth-order valence-corrected chi connectivity index (χ4v) is 4.18. The summed E-state index contributed by atoms with van der Waals surface area (Å²) in [6.45, 7) is 6.38. The van der Waals surface area contributed by atoms with E-state index < -0.39 is 0 Å². The van der Waals surface area contributed by atoms with Crippen LogP contribution in [0.3, 0.4) is 0 Å². The fraction of sp³-hybridized carbons (Fsp3) is 0.438. The number of thiophene rings is 1. The lowest BCUT2D eigenvalue weighted by atomic mass is 10.1. The maximum atomic E-state index is 4.73. The van der Waals surface area contributed by atoms with Gasteiger partial charge >= 0.3 is 0 Å². The number of anilines is 1. The summed E-state index contributed by atoms with van der Waals surface area (Å²) in [6, 6.07) is 2.21. The van der Waals surface area contributed by atoms with Crippen molar-refractivity contribution in [3.63, 3.8) is 0 Å². The van der Waals surface area contributed by atoms with E-state index in [0.29, 0.717) is 0 Å². The van der Waals surface area contributed by atoms with Crippen LogP contribution in [0.4, 0.5) is 5.82 Å². The first-order chi connectivity index (χ1) is 10.2. The SMILES string of the molecule is Cc1cc2c(nc1C)sc1c(N3CCCCC3)ncnc12. The second-order valence-electron chi connectivity index (χ2n) is 5.77. The molecule has 108 valence electrons. The molecule has 0 atom stereocenters. The van der Waals surface area contributed by atoms with Crippen molar-refractivity contribution in [2.45, 2.75) is 33.1 Å². The maximum absolute atomic E-state index is 4.73. The summed E-state index contributed by atoms with van der Waals surface area (Å²) >= 11 is 1.73. The van der Waals surface area contributed by atoms with Crippen LogP contribution >= 0.6 is 11.3 Å². The number of hydrogen-bond acceptors (Lipinski definition) is 5. The number of pyridine rings is 1. The first kappa shape index (κ1) is 13.0. The van der Waals surface area contributed by atoms with E-state index in [4.69, 9.17) is 4.98 Å². The minimum Gasteiger partial charge on any atom is -0.355 e. The zero-order valence-electron chi connectivity index (χ0n) is 12.4. The van der Waals surface area contributed by atoms with E-state index >= 15 is 0 Å². The third-order valence-electron chi connectivity index (χ3n) is 4.33. The van der Waals surface area contributed by atoms with Gasteiger partial charge in [-0.15, -0.1) is 11.3 Å². The highest BCUT2D eigenvalue weighted by Gasteiger charge is 2.19. The van der Waals surface area contributed by atoms with Crippen molar-refractivity contribution in [3.05, 3.63) is 23.7 Å². The van der Waals surface area contributed by atoms with Crippen LogP contribution in [0.5, 0.6) is 0 Å². The highest BCUT2D eigenvalue weighted by Crippen LogP contribution is 2.37. The van der Waals surface area contributed by atoms with Crippen molar-refractivity contribution in [1.82, 2.24) is 15.0 Å². The van der Waals surface area contributed by atoms with Gasteiger partial charge in [-0.1, -0.05) is 0 Å². The van der Waals surface area contributed by atoms with Crippen molar-refractivity contribution >= 4 is 37.6 Å². The van der Waals surface area contributed by atoms with Crippen molar-refractivity contribution < 1.29 is 0 Å². The molecule has 0 aromatic carbocycles. The second-order valence-corrected chi connectivity index (χ2v) is 6.77. The number of fused-ring (bicyclic) bond motifs is 3. The summed E-state index contributed by atoms with van der Waals surface area (Å²) < 4.78 is 1.19. The number of nitrogens with zero attached hydrogens (tertiary/aromatic N) is 4. The largest absolute Gasteiger partial charge is 0.355 e. The quantitative estimate of drug-likeness (QED) is 0.684. The number of aromatic nitrogens is 3. The van der Waals surface area contributed by atoms with Crippen molar-refractivity contribution in [2.75, 3.05) is 18.0 Å². The van der Waals surface area contributed by atoms with Gasteiger partial charge in [0.05, 0.1) is 10.2 Å². The lowest BCUT2D eigenvalue weighted by Gasteiger charge is -2.27. The van der Waals surface area contributed by atoms with Crippen LogP contribution in [0.15, 0.2) is 12.4 Å². The third kappa shape index (κ3) is 2.07. The minimum atomic E-state index is 1.06. The average molecular weight is 298 g/mol.